The van der Waals surface area contributed by atoms with Crippen LogP contribution < -0.4 is 20.7 Å². The minimum atomic E-state index is -0.155. The van der Waals surface area contributed by atoms with Crippen molar-refractivity contribution in [2.24, 2.45) is 4.99 Å². The number of para-hydroxylation sites is 2. The highest BCUT2D eigenvalue weighted by Gasteiger charge is 2.04. The van der Waals surface area contributed by atoms with E-state index in [1.165, 1.54) is 0 Å². The molecule has 0 heterocycles. The summed E-state index contributed by atoms with van der Waals surface area (Å²) in [4.78, 5) is 16.3. The molecule has 0 spiro atoms. The first kappa shape index (κ1) is 22.8. The fraction of sp³-hybridized carbons (Fsp3) is 0.300. The van der Waals surface area contributed by atoms with Gasteiger partial charge in [0.2, 0.25) is 5.91 Å². The lowest BCUT2D eigenvalue weighted by Gasteiger charge is -2.12. The lowest BCUT2D eigenvalue weighted by atomic mass is 10.1. The smallest absolute Gasteiger partial charge is 0.246 e. The van der Waals surface area contributed by atoms with Crippen molar-refractivity contribution in [2.45, 2.75) is 13.3 Å². The molecule has 7 heteroatoms. The van der Waals surface area contributed by atoms with Crippen molar-refractivity contribution in [3.8, 4) is 5.75 Å². The molecule has 3 N–H and O–H groups in total. The maximum atomic E-state index is 12.0. The minimum absolute atomic E-state index is 0. The molecular weight excluding hydrogens is 455 g/mol. The predicted molar refractivity (Wildman–Crippen MR) is 121 cm³/mol. The van der Waals surface area contributed by atoms with Gasteiger partial charge in [0.15, 0.2) is 5.96 Å². The first-order valence-electron chi connectivity index (χ1n) is 8.72. The fourth-order valence-electron chi connectivity index (χ4n) is 2.44. The van der Waals surface area contributed by atoms with E-state index >= 15 is 0 Å². The maximum absolute atomic E-state index is 12.0. The number of anilines is 1. The van der Waals surface area contributed by atoms with E-state index in [-0.39, 0.29) is 36.4 Å². The number of rotatable bonds is 8. The predicted octanol–water partition coefficient (Wildman–Crippen LogP) is 3.05. The third kappa shape index (κ3) is 8.29. The molecule has 0 aromatic heterocycles. The molecule has 0 aliphatic carbocycles. The monoisotopic (exact) mass is 482 g/mol. The molecular formula is C20H27IN4O2. The number of ether oxygens (including phenoxy) is 1. The Hall–Kier alpha value is -2.29. The molecule has 2 aromatic carbocycles. The average molecular weight is 482 g/mol. The van der Waals surface area contributed by atoms with Crippen LogP contribution in [0.3, 0.4) is 0 Å². The molecule has 0 unspecified atom stereocenters. The van der Waals surface area contributed by atoms with Gasteiger partial charge in [0.05, 0.1) is 7.11 Å². The molecule has 6 nitrogen and oxygen atoms in total. The number of methoxy groups -OCH3 is 1. The van der Waals surface area contributed by atoms with Crippen LogP contribution in [0.5, 0.6) is 5.75 Å². The summed E-state index contributed by atoms with van der Waals surface area (Å²) < 4.78 is 5.36. The van der Waals surface area contributed by atoms with Gasteiger partial charge in [-0.25, -0.2) is 4.99 Å². The number of carbonyl (C=O) groups is 1. The topological polar surface area (TPSA) is 74.8 Å². The van der Waals surface area contributed by atoms with Gasteiger partial charge in [0.25, 0.3) is 0 Å². The van der Waals surface area contributed by atoms with Gasteiger partial charge in [-0.3, -0.25) is 4.79 Å². The van der Waals surface area contributed by atoms with Crippen molar-refractivity contribution in [3.63, 3.8) is 0 Å². The van der Waals surface area contributed by atoms with Gasteiger partial charge in [-0.05, 0) is 37.1 Å². The van der Waals surface area contributed by atoms with Crippen LogP contribution >= 0.6 is 24.0 Å². The Morgan fingerprint density at radius 2 is 1.74 bits per heavy atom. The molecule has 2 aromatic rings. The molecule has 0 atom stereocenters. The second-order valence-electron chi connectivity index (χ2n) is 5.60. The quantitative estimate of drug-likeness (QED) is 0.307. The van der Waals surface area contributed by atoms with Crippen LogP contribution in [-0.4, -0.2) is 38.6 Å². The summed E-state index contributed by atoms with van der Waals surface area (Å²) in [6.45, 7) is 3.45. The molecule has 2 rings (SSSR count). The van der Waals surface area contributed by atoms with Gasteiger partial charge in [-0.2, -0.15) is 0 Å². The zero-order valence-electron chi connectivity index (χ0n) is 15.7. The molecule has 0 saturated carbocycles. The Morgan fingerprint density at radius 1 is 1.04 bits per heavy atom. The van der Waals surface area contributed by atoms with Crippen molar-refractivity contribution < 1.29 is 9.53 Å². The Kier molecular flexibility index (Phi) is 10.9. The number of amides is 1. The zero-order valence-corrected chi connectivity index (χ0v) is 18.0. The number of nitrogens with one attached hydrogen (secondary N) is 3. The average Bonchev–Trinajstić information content (AvgIpc) is 2.67. The van der Waals surface area contributed by atoms with E-state index in [1.54, 1.807) is 7.11 Å². The Bertz CT molecular complexity index is 723. The Labute approximate surface area is 177 Å². The first-order valence-corrected chi connectivity index (χ1v) is 8.72. The van der Waals surface area contributed by atoms with Crippen LogP contribution in [0, 0.1) is 0 Å². The van der Waals surface area contributed by atoms with E-state index in [1.807, 2.05) is 61.5 Å². The number of guanidine groups is 1. The largest absolute Gasteiger partial charge is 0.496 e. The molecule has 0 aliphatic rings. The van der Waals surface area contributed by atoms with Crippen LogP contribution in [0.2, 0.25) is 0 Å². The van der Waals surface area contributed by atoms with Crippen LogP contribution in [-0.2, 0) is 11.2 Å². The fourth-order valence-corrected chi connectivity index (χ4v) is 2.44. The van der Waals surface area contributed by atoms with E-state index in [9.17, 15) is 4.79 Å². The van der Waals surface area contributed by atoms with Crippen LogP contribution in [0.1, 0.15) is 12.5 Å². The zero-order chi connectivity index (χ0) is 18.6. The number of carbonyl (C=O) groups excluding carboxylic acids is 1. The third-order valence-corrected chi connectivity index (χ3v) is 3.66. The highest BCUT2D eigenvalue weighted by Crippen LogP contribution is 2.17. The normalized spacial score (nSPS) is 10.5. The molecule has 0 aliphatic heterocycles. The molecule has 146 valence electrons. The van der Waals surface area contributed by atoms with Crippen molar-refractivity contribution >= 4 is 41.5 Å². The second kappa shape index (κ2) is 13.0. The summed E-state index contributed by atoms with van der Waals surface area (Å²) in [6, 6.07) is 17.3. The van der Waals surface area contributed by atoms with Crippen molar-refractivity contribution in [3.05, 3.63) is 60.2 Å². The molecule has 0 saturated heterocycles. The number of benzene rings is 2. The highest BCUT2D eigenvalue weighted by molar-refractivity contribution is 14.0. The minimum Gasteiger partial charge on any atom is -0.496 e. The molecule has 0 bridgehead atoms. The van der Waals surface area contributed by atoms with E-state index in [0.29, 0.717) is 12.5 Å². The summed E-state index contributed by atoms with van der Waals surface area (Å²) >= 11 is 0. The second-order valence-corrected chi connectivity index (χ2v) is 5.60. The SMILES string of the molecule is CCNC(=NCC(=O)Nc1ccccc1)NCCc1ccccc1OC.I. The number of aliphatic imine (C=N–C) groups is 1. The van der Waals surface area contributed by atoms with Crippen molar-refractivity contribution in [2.75, 3.05) is 32.1 Å². The molecule has 27 heavy (non-hydrogen) atoms. The maximum Gasteiger partial charge on any atom is 0.246 e. The summed E-state index contributed by atoms with van der Waals surface area (Å²) in [6.07, 6.45) is 0.796. The lowest BCUT2D eigenvalue weighted by molar-refractivity contribution is -0.114. The standard InChI is InChI=1S/C20H26N4O2.HI/c1-3-21-20(22-14-13-16-9-7-8-12-18(16)26-2)23-15-19(25)24-17-10-5-4-6-11-17;/h4-12H,3,13-15H2,1-2H3,(H,24,25)(H2,21,22,23);1H. The summed E-state index contributed by atoms with van der Waals surface area (Å²) in [5.41, 5.74) is 1.89. The molecule has 1 amide bonds. The van der Waals surface area contributed by atoms with Crippen LogP contribution in [0.4, 0.5) is 5.69 Å². The first-order chi connectivity index (χ1) is 12.7. The number of halogens is 1. The van der Waals surface area contributed by atoms with Gasteiger partial charge in [-0.15, -0.1) is 24.0 Å². The number of nitrogens with zero attached hydrogens (tertiary/aromatic N) is 1. The molecule has 0 fully saturated rings. The lowest BCUT2D eigenvalue weighted by Crippen LogP contribution is -2.39. The third-order valence-electron chi connectivity index (χ3n) is 3.66. The van der Waals surface area contributed by atoms with Crippen molar-refractivity contribution in [1.82, 2.24) is 10.6 Å². The van der Waals surface area contributed by atoms with E-state index in [0.717, 1.165) is 30.0 Å². The summed E-state index contributed by atoms with van der Waals surface area (Å²) in [7, 11) is 1.67. The van der Waals surface area contributed by atoms with Gasteiger partial charge in [0, 0.05) is 18.8 Å². The van der Waals surface area contributed by atoms with Crippen molar-refractivity contribution in [1.29, 1.82) is 0 Å². The van der Waals surface area contributed by atoms with E-state index in [2.05, 4.69) is 20.9 Å². The van der Waals surface area contributed by atoms with E-state index < -0.39 is 0 Å². The van der Waals surface area contributed by atoms with Crippen LogP contribution in [0.15, 0.2) is 59.6 Å². The van der Waals surface area contributed by atoms with Gasteiger partial charge >= 0.3 is 0 Å². The highest BCUT2D eigenvalue weighted by atomic mass is 127. The number of hydrogen-bond acceptors (Lipinski definition) is 3. The Morgan fingerprint density at radius 3 is 2.44 bits per heavy atom. The van der Waals surface area contributed by atoms with E-state index in [4.69, 9.17) is 4.74 Å². The van der Waals surface area contributed by atoms with Gasteiger partial charge in [0.1, 0.15) is 12.3 Å². The summed E-state index contributed by atoms with van der Waals surface area (Å²) in [5.74, 6) is 1.34. The Balaban J connectivity index is 0.00000364. The number of hydrogen-bond donors (Lipinski definition) is 3. The van der Waals surface area contributed by atoms with Gasteiger partial charge in [-0.1, -0.05) is 36.4 Å². The summed E-state index contributed by atoms with van der Waals surface area (Å²) in [5, 5.41) is 9.21. The molecule has 0 radical (unpaired) electrons. The van der Waals surface area contributed by atoms with Crippen LogP contribution in [0.25, 0.3) is 0 Å². The van der Waals surface area contributed by atoms with Gasteiger partial charge < -0.3 is 20.7 Å².